The van der Waals surface area contributed by atoms with Gasteiger partial charge in [0, 0.05) is 6.07 Å². The van der Waals surface area contributed by atoms with Crippen LogP contribution in [0.15, 0.2) is 48.0 Å². The van der Waals surface area contributed by atoms with Crippen LogP contribution < -0.4 is 15.0 Å². The van der Waals surface area contributed by atoms with E-state index < -0.39 is 22.8 Å². The molecule has 0 spiro atoms. The lowest BCUT2D eigenvalue weighted by Crippen LogP contribution is -2.54. The monoisotopic (exact) mass is 381 g/mol. The van der Waals surface area contributed by atoms with Crippen LogP contribution in [0.2, 0.25) is 0 Å². The number of carbonyl (C=O) groups excluding carboxylic acids is 3. The molecule has 0 saturated carbocycles. The number of carbonyl (C=O) groups is 3. The molecule has 28 heavy (non-hydrogen) atoms. The standard InChI is InChI=1S/C19H15N3O6/c1-11-3-6-13(7-4-11)21-18(24)14(17(23)20-19(21)25)9-12-5-8-16(28-2)15(10-12)22(26)27/h3-10H,1-2H3,(H,20,23,25). The first-order valence-electron chi connectivity index (χ1n) is 8.12. The Morgan fingerprint density at radius 1 is 1.11 bits per heavy atom. The van der Waals surface area contributed by atoms with Gasteiger partial charge in [-0.1, -0.05) is 23.8 Å². The van der Waals surface area contributed by atoms with E-state index in [9.17, 15) is 24.5 Å². The van der Waals surface area contributed by atoms with Crippen LogP contribution in [0.5, 0.6) is 5.75 Å². The largest absolute Gasteiger partial charge is 0.490 e. The van der Waals surface area contributed by atoms with Crippen molar-refractivity contribution in [3.8, 4) is 5.75 Å². The number of hydrogen-bond donors (Lipinski definition) is 1. The number of rotatable bonds is 4. The molecule has 2 aromatic carbocycles. The number of aryl methyl sites for hydroxylation is 1. The average molecular weight is 381 g/mol. The van der Waals surface area contributed by atoms with Gasteiger partial charge in [-0.3, -0.25) is 25.0 Å². The van der Waals surface area contributed by atoms with Gasteiger partial charge in [-0.05, 0) is 36.8 Å². The van der Waals surface area contributed by atoms with E-state index in [2.05, 4.69) is 5.32 Å². The maximum atomic E-state index is 12.8. The number of benzene rings is 2. The first kappa shape index (κ1) is 18.8. The molecule has 4 amide bonds. The molecule has 2 aromatic rings. The van der Waals surface area contributed by atoms with Crippen molar-refractivity contribution in [1.82, 2.24) is 5.32 Å². The highest BCUT2D eigenvalue weighted by Crippen LogP contribution is 2.29. The van der Waals surface area contributed by atoms with E-state index in [1.165, 1.54) is 31.4 Å². The molecule has 0 aromatic heterocycles. The third-order valence-corrected chi connectivity index (χ3v) is 4.10. The molecule has 0 radical (unpaired) electrons. The van der Waals surface area contributed by atoms with Crippen LogP contribution in [0.3, 0.4) is 0 Å². The number of amides is 4. The molecule has 142 valence electrons. The highest BCUT2D eigenvalue weighted by atomic mass is 16.6. The summed E-state index contributed by atoms with van der Waals surface area (Å²) in [5.41, 5.74) is 0.842. The van der Waals surface area contributed by atoms with E-state index in [1.54, 1.807) is 24.3 Å². The zero-order valence-corrected chi connectivity index (χ0v) is 15.0. The summed E-state index contributed by atoms with van der Waals surface area (Å²) in [6.07, 6.45) is 1.19. The molecule has 9 heteroatoms. The lowest BCUT2D eigenvalue weighted by Gasteiger charge is -2.26. The van der Waals surface area contributed by atoms with Gasteiger partial charge < -0.3 is 4.74 Å². The van der Waals surface area contributed by atoms with Gasteiger partial charge in [-0.15, -0.1) is 0 Å². The molecule has 1 N–H and O–H groups in total. The predicted molar refractivity (Wildman–Crippen MR) is 99.8 cm³/mol. The SMILES string of the molecule is COc1ccc(C=C2C(=O)NC(=O)N(c3ccc(C)cc3)C2=O)cc1[N+](=O)[O-]. The van der Waals surface area contributed by atoms with Crippen LogP contribution in [0.1, 0.15) is 11.1 Å². The Kier molecular flexibility index (Phi) is 4.90. The van der Waals surface area contributed by atoms with Gasteiger partial charge in [-0.25, -0.2) is 9.69 Å². The van der Waals surface area contributed by atoms with Crippen molar-refractivity contribution in [1.29, 1.82) is 0 Å². The first-order chi connectivity index (χ1) is 13.3. The Hall–Kier alpha value is -4.01. The van der Waals surface area contributed by atoms with Gasteiger partial charge in [0.15, 0.2) is 5.75 Å². The minimum absolute atomic E-state index is 0.0445. The Balaban J connectivity index is 2.03. The summed E-state index contributed by atoms with van der Waals surface area (Å²) >= 11 is 0. The normalized spacial score (nSPS) is 15.6. The zero-order valence-electron chi connectivity index (χ0n) is 15.0. The number of nitrogens with one attached hydrogen (secondary N) is 1. The number of barbiturate groups is 1. The van der Waals surface area contributed by atoms with Crippen molar-refractivity contribution in [2.45, 2.75) is 6.92 Å². The van der Waals surface area contributed by atoms with Gasteiger partial charge >= 0.3 is 11.7 Å². The fraction of sp³-hybridized carbons (Fsp3) is 0.105. The Morgan fingerprint density at radius 3 is 2.39 bits per heavy atom. The number of nitrogens with zero attached hydrogens (tertiary/aromatic N) is 2. The quantitative estimate of drug-likeness (QED) is 0.376. The highest BCUT2D eigenvalue weighted by molar-refractivity contribution is 6.39. The number of hydrogen-bond acceptors (Lipinski definition) is 6. The van der Waals surface area contributed by atoms with E-state index in [-0.39, 0.29) is 22.6 Å². The van der Waals surface area contributed by atoms with Gasteiger partial charge in [0.2, 0.25) is 0 Å². The van der Waals surface area contributed by atoms with Crippen molar-refractivity contribution in [3.63, 3.8) is 0 Å². The van der Waals surface area contributed by atoms with Gasteiger partial charge in [0.25, 0.3) is 11.8 Å². The molecule has 0 atom stereocenters. The number of ether oxygens (including phenoxy) is 1. The topological polar surface area (TPSA) is 119 Å². The smallest absolute Gasteiger partial charge is 0.335 e. The second-order valence-electron chi connectivity index (χ2n) is 5.98. The highest BCUT2D eigenvalue weighted by Gasteiger charge is 2.36. The molecule has 0 aliphatic carbocycles. The molecule has 1 fully saturated rings. The average Bonchev–Trinajstić information content (AvgIpc) is 2.66. The van der Waals surface area contributed by atoms with Crippen molar-refractivity contribution in [2.24, 2.45) is 0 Å². The number of methoxy groups -OCH3 is 1. The number of imide groups is 2. The molecule has 1 aliphatic rings. The number of nitro groups is 1. The van der Waals surface area contributed by atoms with Crippen LogP contribution in [-0.2, 0) is 9.59 Å². The molecule has 1 saturated heterocycles. The van der Waals surface area contributed by atoms with Crippen molar-refractivity contribution >= 4 is 35.3 Å². The van der Waals surface area contributed by atoms with Crippen molar-refractivity contribution in [3.05, 3.63) is 69.3 Å². The molecule has 1 heterocycles. The van der Waals surface area contributed by atoms with E-state index in [0.29, 0.717) is 5.69 Å². The lowest BCUT2D eigenvalue weighted by atomic mass is 10.1. The molecule has 9 nitrogen and oxygen atoms in total. The second kappa shape index (κ2) is 7.31. The van der Waals surface area contributed by atoms with Crippen molar-refractivity contribution < 1.29 is 24.0 Å². The van der Waals surface area contributed by atoms with Gasteiger partial charge in [0.1, 0.15) is 5.57 Å². The Labute approximate surface area is 159 Å². The third kappa shape index (κ3) is 3.45. The van der Waals surface area contributed by atoms with Gasteiger partial charge in [-0.2, -0.15) is 0 Å². The van der Waals surface area contributed by atoms with Gasteiger partial charge in [0.05, 0.1) is 17.7 Å². The van der Waals surface area contributed by atoms with Crippen LogP contribution in [-0.4, -0.2) is 29.9 Å². The lowest BCUT2D eigenvalue weighted by molar-refractivity contribution is -0.385. The van der Waals surface area contributed by atoms with Crippen LogP contribution in [0.25, 0.3) is 6.08 Å². The Bertz CT molecular complexity index is 1030. The van der Waals surface area contributed by atoms with E-state index in [4.69, 9.17) is 4.74 Å². The van der Waals surface area contributed by atoms with Crippen LogP contribution in [0.4, 0.5) is 16.2 Å². The number of nitro benzene ring substituents is 1. The zero-order chi connectivity index (χ0) is 20.4. The predicted octanol–water partition coefficient (Wildman–Crippen LogP) is 2.58. The van der Waals surface area contributed by atoms with Crippen LogP contribution in [0, 0.1) is 17.0 Å². The summed E-state index contributed by atoms with van der Waals surface area (Å²) in [4.78, 5) is 48.5. The first-order valence-corrected chi connectivity index (χ1v) is 8.12. The van der Waals surface area contributed by atoms with E-state index >= 15 is 0 Å². The molecular weight excluding hydrogens is 366 g/mol. The minimum atomic E-state index is -0.878. The van der Waals surface area contributed by atoms with Crippen molar-refractivity contribution in [2.75, 3.05) is 12.0 Å². The second-order valence-corrected chi connectivity index (χ2v) is 5.98. The third-order valence-electron chi connectivity index (χ3n) is 4.10. The fourth-order valence-corrected chi connectivity index (χ4v) is 2.69. The summed E-state index contributed by atoms with van der Waals surface area (Å²) in [5.74, 6) is -1.66. The van der Waals surface area contributed by atoms with E-state index in [0.717, 1.165) is 10.5 Å². The maximum absolute atomic E-state index is 12.8. The molecule has 0 unspecified atom stereocenters. The molecular formula is C19H15N3O6. The Morgan fingerprint density at radius 2 is 1.79 bits per heavy atom. The maximum Gasteiger partial charge on any atom is 0.335 e. The molecule has 0 bridgehead atoms. The summed E-state index contributed by atoms with van der Waals surface area (Å²) in [6.45, 7) is 1.85. The summed E-state index contributed by atoms with van der Waals surface area (Å²) in [5, 5.41) is 13.3. The molecule has 1 aliphatic heterocycles. The number of anilines is 1. The van der Waals surface area contributed by atoms with E-state index in [1.807, 2.05) is 6.92 Å². The summed E-state index contributed by atoms with van der Waals surface area (Å²) < 4.78 is 4.93. The minimum Gasteiger partial charge on any atom is -0.490 e. The fourth-order valence-electron chi connectivity index (χ4n) is 2.69. The van der Waals surface area contributed by atoms with Crippen LogP contribution >= 0.6 is 0 Å². The summed E-state index contributed by atoms with van der Waals surface area (Å²) in [7, 11) is 1.30. The summed E-state index contributed by atoms with van der Waals surface area (Å²) in [6, 6.07) is 9.75. The molecule has 3 rings (SSSR count). The number of urea groups is 1.